The van der Waals surface area contributed by atoms with Gasteiger partial charge in [-0.05, 0) is 0 Å². The fourth-order valence-corrected chi connectivity index (χ4v) is 0.236. The maximum absolute atomic E-state index is 11.2. The maximum Gasteiger partial charge on any atom is 0.399 e. The van der Waals surface area contributed by atoms with E-state index in [4.69, 9.17) is 0 Å². The molecule has 0 saturated heterocycles. The summed E-state index contributed by atoms with van der Waals surface area (Å²) in [5.74, 6) is -1.26. The van der Waals surface area contributed by atoms with Crippen molar-refractivity contribution in [1.29, 1.82) is 0 Å². The van der Waals surface area contributed by atoms with Crippen LogP contribution in [0.1, 0.15) is 6.42 Å². The van der Waals surface area contributed by atoms with Gasteiger partial charge in [0.1, 0.15) is 6.42 Å². The minimum Gasteiger partial charge on any atom is -0.469 e. The zero-order valence-corrected chi connectivity index (χ0v) is 4.66. The quantitative estimate of drug-likeness (QED) is 0.512. The van der Waals surface area contributed by atoms with Crippen LogP contribution in [0.25, 0.3) is 0 Å². The predicted octanol–water partition coefficient (Wildman–Crippen LogP) is 1.11. The minimum absolute atomic E-state index is 0.911. The summed E-state index contributed by atoms with van der Waals surface area (Å²) in [6.07, 6.45) is -5.96. The Kier molecular flexibility index (Phi) is 2.48. The Hall–Kier alpha value is -0.740. The number of halogens is 3. The molecule has 0 saturated carbocycles. The average molecular weight is 142 g/mol. The third kappa shape index (κ3) is 5.13. The van der Waals surface area contributed by atoms with Gasteiger partial charge in [-0.1, -0.05) is 0 Å². The van der Waals surface area contributed by atoms with E-state index in [1.165, 1.54) is 0 Å². The smallest absolute Gasteiger partial charge is 0.399 e. The third-order valence-corrected chi connectivity index (χ3v) is 0.572. The van der Waals surface area contributed by atoms with E-state index in [-0.39, 0.29) is 0 Å². The van der Waals surface area contributed by atoms with Gasteiger partial charge in [0.25, 0.3) is 0 Å². The van der Waals surface area contributed by atoms with Gasteiger partial charge in [-0.2, -0.15) is 13.2 Å². The molecule has 0 atom stereocenters. The number of hydrogen-bond donors (Lipinski definition) is 0. The molecule has 0 aliphatic carbocycles. The highest BCUT2D eigenvalue weighted by atomic mass is 19.4. The summed E-state index contributed by atoms with van der Waals surface area (Å²) in [6.45, 7) is 0. The van der Waals surface area contributed by atoms with Crippen LogP contribution in [0, 0.1) is 0 Å². The van der Waals surface area contributed by atoms with E-state index in [1.807, 2.05) is 0 Å². The second kappa shape index (κ2) is 2.70. The number of carbonyl (C=O) groups excluding carboxylic acids is 1. The molecule has 0 fully saturated rings. The van der Waals surface area contributed by atoms with Gasteiger partial charge in [-0.15, -0.1) is 0 Å². The van der Waals surface area contributed by atoms with Crippen molar-refractivity contribution in [3.05, 3.63) is 0 Å². The predicted molar refractivity (Wildman–Crippen MR) is 22.7 cm³/mol. The Morgan fingerprint density at radius 3 is 2.11 bits per heavy atom. The van der Waals surface area contributed by atoms with E-state index in [0.717, 1.165) is 7.11 Å². The van der Waals surface area contributed by atoms with E-state index < -0.39 is 18.6 Å². The molecule has 5 heteroatoms. The molecular weight excluding hydrogens is 137 g/mol. The van der Waals surface area contributed by atoms with Crippen molar-refractivity contribution in [3.63, 3.8) is 0 Å². The summed E-state index contributed by atoms with van der Waals surface area (Å²) in [5.41, 5.74) is 0. The lowest BCUT2D eigenvalue weighted by Gasteiger charge is -2.02. The van der Waals surface area contributed by atoms with Crippen molar-refractivity contribution < 1.29 is 22.7 Å². The van der Waals surface area contributed by atoms with Crippen LogP contribution in [0.2, 0.25) is 0 Å². The monoisotopic (exact) mass is 142 g/mol. The third-order valence-electron chi connectivity index (χ3n) is 0.572. The number of hydrogen-bond acceptors (Lipinski definition) is 2. The summed E-state index contributed by atoms with van der Waals surface area (Å²) in [5, 5.41) is 0. The Morgan fingerprint density at radius 1 is 1.56 bits per heavy atom. The summed E-state index contributed by atoms with van der Waals surface area (Å²) in [4.78, 5) is 9.89. The first kappa shape index (κ1) is 8.26. The summed E-state index contributed by atoms with van der Waals surface area (Å²) < 4.78 is 37.3. The molecule has 0 aromatic heterocycles. The zero-order valence-electron chi connectivity index (χ0n) is 4.66. The van der Waals surface area contributed by atoms with Crippen molar-refractivity contribution >= 4 is 5.97 Å². The van der Waals surface area contributed by atoms with Gasteiger partial charge in [-0.25, -0.2) is 0 Å². The number of ether oxygens (including phenoxy) is 1. The number of methoxy groups -OCH3 is 1. The Balaban J connectivity index is 3.60. The second-order valence-electron chi connectivity index (χ2n) is 1.37. The van der Waals surface area contributed by atoms with E-state index >= 15 is 0 Å². The van der Waals surface area contributed by atoms with Crippen LogP contribution in [-0.2, 0) is 9.53 Å². The lowest BCUT2D eigenvalue weighted by Crippen LogP contribution is -2.15. The standard InChI is InChI=1S/C4H5F3O2/c1-9-3(8)2-4(5,6)7/h2H2,1H3. The summed E-state index contributed by atoms with van der Waals surface area (Å²) >= 11 is 0. The van der Waals surface area contributed by atoms with Crippen LogP contribution >= 0.6 is 0 Å². The molecule has 0 aromatic rings. The topological polar surface area (TPSA) is 26.3 Å². The molecule has 0 aliphatic heterocycles. The van der Waals surface area contributed by atoms with Gasteiger partial charge in [0.05, 0.1) is 7.11 Å². The summed E-state index contributed by atoms with van der Waals surface area (Å²) in [7, 11) is 0.911. The highest BCUT2D eigenvalue weighted by Crippen LogP contribution is 2.19. The molecule has 0 aromatic carbocycles. The first-order chi connectivity index (χ1) is 3.95. The fourth-order valence-electron chi connectivity index (χ4n) is 0.236. The number of carbonyl (C=O) groups is 1. The molecule has 0 spiro atoms. The molecule has 0 heterocycles. The van der Waals surface area contributed by atoms with Crippen LogP contribution in [-0.4, -0.2) is 19.3 Å². The molecule has 54 valence electrons. The van der Waals surface area contributed by atoms with Crippen molar-refractivity contribution in [3.8, 4) is 0 Å². The van der Waals surface area contributed by atoms with Gasteiger partial charge < -0.3 is 4.74 Å². The zero-order chi connectivity index (χ0) is 7.49. The van der Waals surface area contributed by atoms with Crippen LogP contribution < -0.4 is 0 Å². The average Bonchev–Trinajstić information content (AvgIpc) is 1.62. The molecule has 0 radical (unpaired) electrons. The van der Waals surface area contributed by atoms with E-state index in [0.29, 0.717) is 0 Å². The van der Waals surface area contributed by atoms with Crippen molar-refractivity contribution in [2.24, 2.45) is 0 Å². The van der Waals surface area contributed by atoms with Gasteiger partial charge in [0.15, 0.2) is 0 Å². The molecule has 9 heavy (non-hydrogen) atoms. The molecular formula is C4H5F3O2. The highest BCUT2D eigenvalue weighted by Gasteiger charge is 2.31. The van der Waals surface area contributed by atoms with Gasteiger partial charge in [0.2, 0.25) is 0 Å². The van der Waals surface area contributed by atoms with Crippen LogP contribution in [0.4, 0.5) is 13.2 Å². The molecule has 0 unspecified atom stereocenters. The molecule has 0 rings (SSSR count). The molecule has 0 aliphatic rings. The molecule has 0 amide bonds. The maximum atomic E-state index is 11.2. The van der Waals surface area contributed by atoms with E-state index in [2.05, 4.69) is 4.74 Å². The first-order valence-electron chi connectivity index (χ1n) is 2.09. The second-order valence-corrected chi connectivity index (χ2v) is 1.37. The Morgan fingerprint density at radius 2 is 2.00 bits per heavy atom. The Bertz CT molecular complexity index is 107. The number of rotatable bonds is 1. The van der Waals surface area contributed by atoms with E-state index in [1.54, 1.807) is 0 Å². The molecule has 0 N–H and O–H groups in total. The number of esters is 1. The van der Waals surface area contributed by atoms with Crippen LogP contribution in [0.15, 0.2) is 0 Å². The Labute approximate surface area is 49.6 Å². The first-order valence-corrected chi connectivity index (χ1v) is 2.09. The SMILES string of the molecule is COC(=O)CC(F)(F)F. The lowest BCUT2D eigenvalue weighted by atomic mass is 10.4. The van der Waals surface area contributed by atoms with Crippen molar-refractivity contribution in [2.75, 3.05) is 7.11 Å². The van der Waals surface area contributed by atoms with E-state index in [9.17, 15) is 18.0 Å². The van der Waals surface area contributed by atoms with Crippen molar-refractivity contribution in [2.45, 2.75) is 12.6 Å². The fraction of sp³-hybridized carbons (Fsp3) is 0.750. The van der Waals surface area contributed by atoms with Gasteiger partial charge >= 0.3 is 12.1 Å². The van der Waals surface area contributed by atoms with Crippen LogP contribution in [0.3, 0.4) is 0 Å². The van der Waals surface area contributed by atoms with Gasteiger partial charge in [-0.3, -0.25) is 4.79 Å². The van der Waals surface area contributed by atoms with Crippen LogP contribution in [0.5, 0.6) is 0 Å². The number of alkyl halides is 3. The highest BCUT2D eigenvalue weighted by molar-refractivity contribution is 5.69. The summed E-state index contributed by atoms with van der Waals surface area (Å²) in [6, 6.07) is 0. The normalized spacial score (nSPS) is 11.1. The van der Waals surface area contributed by atoms with Gasteiger partial charge in [0, 0.05) is 0 Å². The minimum atomic E-state index is -4.45. The molecule has 2 nitrogen and oxygen atoms in total. The molecule has 0 bridgehead atoms. The lowest BCUT2D eigenvalue weighted by molar-refractivity contribution is -0.168. The largest absolute Gasteiger partial charge is 0.469 e. The van der Waals surface area contributed by atoms with Crippen molar-refractivity contribution in [1.82, 2.24) is 0 Å².